The van der Waals surface area contributed by atoms with Crippen LogP contribution in [0.4, 0.5) is 0 Å². The van der Waals surface area contributed by atoms with Gasteiger partial charge in [0.2, 0.25) is 0 Å². The van der Waals surface area contributed by atoms with Crippen LogP contribution in [0.25, 0.3) is 10.9 Å². The normalized spacial score (nSPS) is 18.7. The minimum Gasteiger partial charge on any atom is -0.381 e. The van der Waals surface area contributed by atoms with Gasteiger partial charge < -0.3 is 9.64 Å². The SMILES string of the molecule is O=Cc1cc2c(c3ncccc13)CN(C1CCOCC1)C2=O. The Bertz CT molecular complexity index is 766. The summed E-state index contributed by atoms with van der Waals surface area (Å²) in [5.41, 5.74) is 2.87. The Morgan fingerprint density at radius 3 is 2.91 bits per heavy atom. The van der Waals surface area contributed by atoms with E-state index in [2.05, 4.69) is 4.98 Å². The summed E-state index contributed by atoms with van der Waals surface area (Å²) in [6.45, 7) is 1.97. The summed E-state index contributed by atoms with van der Waals surface area (Å²) < 4.78 is 5.38. The van der Waals surface area contributed by atoms with Crippen molar-refractivity contribution in [2.24, 2.45) is 0 Å². The average Bonchev–Trinajstić information content (AvgIpc) is 2.92. The Morgan fingerprint density at radius 1 is 1.32 bits per heavy atom. The maximum Gasteiger partial charge on any atom is 0.254 e. The average molecular weight is 296 g/mol. The molecule has 2 aliphatic heterocycles. The molecule has 0 spiro atoms. The highest BCUT2D eigenvalue weighted by atomic mass is 16.5. The molecule has 0 N–H and O–H groups in total. The fraction of sp³-hybridized carbons (Fsp3) is 0.353. The number of benzene rings is 1. The first-order chi connectivity index (χ1) is 10.8. The molecule has 5 nitrogen and oxygen atoms in total. The minimum absolute atomic E-state index is 0.0116. The van der Waals surface area contributed by atoms with Gasteiger partial charge in [-0.15, -0.1) is 0 Å². The number of ether oxygens (including phenoxy) is 1. The minimum atomic E-state index is 0.0116. The van der Waals surface area contributed by atoms with Crippen LogP contribution in [0.2, 0.25) is 0 Å². The van der Waals surface area contributed by atoms with Gasteiger partial charge in [0.15, 0.2) is 6.29 Å². The fourth-order valence-electron chi connectivity index (χ4n) is 3.46. The number of fused-ring (bicyclic) bond motifs is 3. The van der Waals surface area contributed by atoms with E-state index < -0.39 is 0 Å². The summed E-state index contributed by atoms with van der Waals surface area (Å²) in [6.07, 6.45) is 4.24. The van der Waals surface area contributed by atoms with E-state index in [1.165, 1.54) is 0 Å². The summed E-state index contributed by atoms with van der Waals surface area (Å²) >= 11 is 0. The van der Waals surface area contributed by atoms with E-state index in [1.807, 2.05) is 17.0 Å². The maximum absolute atomic E-state index is 12.7. The van der Waals surface area contributed by atoms with E-state index in [1.54, 1.807) is 12.3 Å². The van der Waals surface area contributed by atoms with Gasteiger partial charge in [0.05, 0.1) is 5.52 Å². The van der Waals surface area contributed by atoms with Gasteiger partial charge in [-0.2, -0.15) is 0 Å². The molecular formula is C17H16N2O3. The third-order valence-electron chi connectivity index (χ3n) is 4.61. The molecular weight excluding hydrogens is 280 g/mol. The van der Waals surface area contributed by atoms with Crippen molar-refractivity contribution in [2.45, 2.75) is 25.4 Å². The number of aromatic nitrogens is 1. The van der Waals surface area contributed by atoms with E-state index in [4.69, 9.17) is 4.74 Å². The molecule has 3 heterocycles. The highest BCUT2D eigenvalue weighted by Crippen LogP contribution is 2.33. The van der Waals surface area contributed by atoms with Crippen molar-refractivity contribution in [3.63, 3.8) is 0 Å². The lowest BCUT2D eigenvalue weighted by Gasteiger charge is -2.30. The largest absolute Gasteiger partial charge is 0.381 e. The van der Waals surface area contributed by atoms with E-state index in [9.17, 15) is 9.59 Å². The van der Waals surface area contributed by atoms with Crippen molar-refractivity contribution in [2.75, 3.05) is 13.2 Å². The van der Waals surface area contributed by atoms with E-state index in [0.717, 1.165) is 35.6 Å². The zero-order valence-corrected chi connectivity index (χ0v) is 12.1. The zero-order chi connectivity index (χ0) is 15.1. The van der Waals surface area contributed by atoms with Crippen LogP contribution < -0.4 is 0 Å². The Morgan fingerprint density at radius 2 is 2.14 bits per heavy atom. The molecule has 2 aromatic rings. The molecule has 4 rings (SSSR count). The molecule has 0 atom stereocenters. The van der Waals surface area contributed by atoms with Crippen LogP contribution in [0, 0.1) is 0 Å². The monoisotopic (exact) mass is 296 g/mol. The van der Waals surface area contributed by atoms with Gasteiger partial charge in [0.25, 0.3) is 5.91 Å². The second-order valence-corrected chi connectivity index (χ2v) is 5.79. The van der Waals surface area contributed by atoms with Crippen molar-refractivity contribution < 1.29 is 14.3 Å². The summed E-state index contributed by atoms with van der Waals surface area (Å²) in [4.78, 5) is 30.4. The van der Waals surface area contributed by atoms with Crippen molar-refractivity contribution in [1.82, 2.24) is 9.88 Å². The number of aldehydes is 1. The molecule has 22 heavy (non-hydrogen) atoms. The molecule has 0 unspecified atom stereocenters. The first-order valence-corrected chi connectivity index (χ1v) is 7.54. The lowest BCUT2D eigenvalue weighted by Crippen LogP contribution is -2.39. The summed E-state index contributed by atoms with van der Waals surface area (Å²) in [5, 5.41) is 0.817. The molecule has 1 amide bonds. The first-order valence-electron chi connectivity index (χ1n) is 7.54. The van der Waals surface area contributed by atoms with Gasteiger partial charge in [0, 0.05) is 54.1 Å². The summed E-state index contributed by atoms with van der Waals surface area (Å²) in [5.74, 6) is 0.0116. The fourth-order valence-corrected chi connectivity index (χ4v) is 3.46. The van der Waals surface area contributed by atoms with Crippen LogP contribution in [-0.4, -0.2) is 41.3 Å². The summed E-state index contributed by atoms with van der Waals surface area (Å²) in [6, 6.07) is 5.63. The number of hydrogen-bond donors (Lipinski definition) is 0. The zero-order valence-electron chi connectivity index (χ0n) is 12.1. The highest BCUT2D eigenvalue weighted by Gasteiger charge is 2.35. The van der Waals surface area contributed by atoms with Gasteiger partial charge in [-0.1, -0.05) is 6.07 Å². The lowest BCUT2D eigenvalue weighted by atomic mass is 10.0. The first kappa shape index (κ1) is 13.4. The van der Waals surface area contributed by atoms with Crippen molar-refractivity contribution in [3.05, 3.63) is 41.1 Å². The van der Waals surface area contributed by atoms with Crippen LogP contribution in [0.3, 0.4) is 0 Å². The van der Waals surface area contributed by atoms with Gasteiger partial charge in [-0.05, 0) is 25.0 Å². The summed E-state index contributed by atoms with van der Waals surface area (Å²) in [7, 11) is 0. The molecule has 1 fully saturated rings. The molecule has 5 heteroatoms. The number of amides is 1. The molecule has 1 aromatic heterocycles. The molecule has 1 aromatic carbocycles. The van der Waals surface area contributed by atoms with Gasteiger partial charge in [0.1, 0.15) is 0 Å². The molecule has 0 bridgehead atoms. The van der Waals surface area contributed by atoms with Gasteiger partial charge >= 0.3 is 0 Å². The Kier molecular flexibility index (Phi) is 3.15. The maximum atomic E-state index is 12.7. The van der Waals surface area contributed by atoms with E-state index in [-0.39, 0.29) is 11.9 Å². The number of nitrogens with zero attached hydrogens (tertiary/aromatic N) is 2. The second-order valence-electron chi connectivity index (χ2n) is 5.79. The smallest absolute Gasteiger partial charge is 0.254 e. The number of pyridine rings is 1. The molecule has 1 saturated heterocycles. The number of rotatable bonds is 2. The Labute approximate surface area is 127 Å². The Hall–Kier alpha value is -2.27. The van der Waals surface area contributed by atoms with Crippen molar-refractivity contribution in [3.8, 4) is 0 Å². The molecule has 112 valence electrons. The third kappa shape index (κ3) is 1.93. The van der Waals surface area contributed by atoms with E-state index in [0.29, 0.717) is 30.9 Å². The Balaban J connectivity index is 1.82. The van der Waals surface area contributed by atoms with Crippen molar-refractivity contribution >= 4 is 23.1 Å². The highest BCUT2D eigenvalue weighted by molar-refractivity contribution is 6.08. The number of carbonyl (C=O) groups excluding carboxylic acids is 2. The predicted molar refractivity (Wildman–Crippen MR) is 80.8 cm³/mol. The van der Waals surface area contributed by atoms with Gasteiger partial charge in [-0.25, -0.2) is 0 Å². The van der Waals surface area contributed by atoms with Crippen LogP contribution in [0.1, 0.15) is 39.1 Å². The number of carbonyl (C=O) groups is 2. The van der Waals surface area contributed by atoms with Crippen molar-refractivity contribution in [1.29, 1.82) is 0 Å². The predicted octanol–water partition coefficient (Wildman–Crippen LogP) is 2.18. The lowest BCUT2D eigenvalue weighted by molar-refractivity contribution is 0.0304. The molecule has 2 aliphatic rings. The van der Waals surface area contributed by atoms with E-state index >= 15 is 0 Å². The van der Waals surface area contributed by atoms with Crippen LogP contribution >= 0.6 is 0 Å². The van der Waals surface area contributed by atoms with Crippen LogP contribution in [-0.2, 0) is 11.3 Å². The standard InChI is InChI=1S/C17H16N2O3/c20-10-11-8-14-15(16-13(11)2-1-5-18-16)9-19(17(14)21)12-3-6-22-7-4-12/h1-2,5,8,10,12H,3-4,6-7,9H2. The number of hydrogen-bond acceptors (Lipinski definition) is 4. The molecule has 0 aliphatic carbocycles. The van der Waals surface area contributed by atoms with Gasteiger partial charge in [-0.3, -0.25) is 14.6 Å². The topological polar surface area (TPSA) is 59.5 Å². The van der Waals surface area contributed by atoms with Crippen LogP contribution in [0.5, 0.6) is 0 Å². The molecule has 0 radical (unpaired) electrons. The second kappa shape index (κ2) is 5.18. The molecule has 0 saturated carbocycles. The quantitative estimate of drug-likeness (QED) is 0.797. The third-order valence-corrected chi connectivity index (χ3v) is 4.61. The van der Waals surface area contributed by atoms with Crippen LogP contribution in [0.15, 0.2) is 24.4 Å².